The zero-order chi connectivity index (χ0) is 13.5. The number of amides is 1. The number of hydrogen-bond acceptors (Lipinski definition) is 4. The lowest BCUT2D eigenvalue weighted by Gasteiger charge is -2.08. The summed E-state index contributed by atoms with van der Waals surface area (Å²) < 4.78 is 60.0. The molecule has 0 radical (unpaired) electrons. The molecule has 1 amide bonds. The SMILES string of the molecule is CC(=O)NCCCCCOS(=O)(=O)C(F)(F)F. The van der Waals surface area contributed by atoms with Crippen molar-refractivity contribution in [3.8, 4) is 0 Å². The van der Waals surface area contributed by atoms with Gasteiger partial charge in [-0.05, 0) is 19.3 Å². The minimum Gasteiger partial charge on any atom is -0.356 e. The van der Waals surface area contributed by atoms with Gasteiger partial charge in [0.1, 0.15) is 0 Å². The van der Waals surface area contributed by atoms with Crippen LogP contribution in [0, 0.1) is 0 Å². The Hall–Kier alpha value is -0.830. The van der Waals surface area contributed by atoms with Crippen molar-refractivity contribution >= 4 is 16.0 Å². The molecule has 0 unspecified atom stereocenters. The van der Waals surface area contributed by atoms with Crippen LogP contribution in [0.3, 0.4) is 0 Å². The summed E-state index contributed by atoms with van der Waals surface area (Å²) in [6, 6.07) is 0. The second-order valence-electron chi connectivity index (χ2n) is 3.27. The van der Waals surface area contributed by atoms with E-state index in [-0.39, 0.29) is 12.3 Å². The van der Waals surface area contributed by atoms with Crippen molar-refractivity contribution in [1.82, 2.24) is 5.32 Å². The Morgan fingerprint density at radius 1 is 1.24 bits per heavy atom. The quantitative estimate of drug-likeness (QED) is 0.430. The van der Waals surface area contributed by atoms with Crippen LogP contribution >= 0.6 is 0 Å². The highest BCUT2D eigenvalue weighted by atomic mass is 32.2. The second kappa shape index (κ2) is 6.80. The van der Waals surface area contributed by atoms with Gasteiger partial charge in [0.15, 0.2) is 0 Å². The molecule has 9 heteroatoms. The standard InChI is InChI=1S/C8H14F3NO4S/c1-7(13)12-5-3-2-4-6-16-17(14,15)8(9,10)11/h2-6H2,1H3,(H,12,13). The second-order valence-corrected chi connectivity index (χ2v) is 4.87. The van der Waals surface area contributed by atoms with E-state index in [1.165, 1.54) is 6.92 Å². The summed E-state index contributed by atoms with van der Waals surface area (Å²) in [5, 5.41) is 2.50. The van der Waals surface area contributed by atoms with Gasteiger partial charge < -0.3 is 5.32 Å². The van der Waals surface area contributed by atoms with E-state index >= 15 is 0 Å². The number of rotatable bonds is 7. The third-order valence-electron chi connectivity index (χ3n) is 1.72. The summed E-state index contributed by atoms with van der Waals surface area (Å²) in [5.74, 6) is -0.194. The van der Waals surface area contributed by atoms with E-state index in [0.29, 0.717) is 19.4 Å². The number of unbranched alkanes of at least 4 members (excludes halogenated alkanes) is 2. The van der Waals surface area contributed by atoms with E-state index in [9.17, 15) is 26.4 Å². The first-order valence-electron chi connectivity index (χ1n) is 4.87. The Morgan fingerprint density at radius 3 is 2.29 bits per heavy atom. The molecule has 0 bridgehead atoms. The number of halogens is 3. The fourth-order valence-electron chi connectivity index (χ4n) is 0.904. The average molecular weight is 277 g/mol. The number of alkyl halides is 3. The molecule has 0 aromatic carbocycles. The van der Waals surface area contributed by atoms with Crippen LogP contribution in [0.2, 0.25) is 0 Å². The summed E-state index contributed by atoms with van der Waals surface area (Å²) in [4.78, 5) is 10.4. The molecule has 0 aliphatic carbocycles. The van der Waals surface area contributed by atoms with Crippen LogP contribution in [0.1, 0.15) is 26.2 Å². The van der Waals surface area contributed by atoms with Gasteiger partial charge in [0.2, 0.25) is 5.91 Å². The zero-order valence-electron chi connectivity index (χ0n) is 9.21. The molecule has 0 aromatic heterocycles. The largest absolute Gasteiger partial charge is 0.523 e. The van der Waals surface area contributed by atoms with E-state index < -0.39 is 22.2 Å². The third kappa shape index (κ3) is 7.16. The number of carbonyl (C=O) groups excluding carboxylic acids is 1. The number of carbonyl (C=O) groups is 1. The normalized spacial score (nSPS) is 12.5. The van der Waals surface area contributed by atoms with Gasteiger partial charge in [-0.1, -0.05) is 0 Å². The molecule has 0 saturated heterocycles. The molecular weight excluding hydrogens is 263 g/mol. The highest BCUT2D eigenvalue weighted by Crippen LogP contribution is 2.24. The van der Waals surface area contributed by atoms with Crippen LogP contribution in [0.25, 0.3) is 0 Å². The summed E-state index contributed by atoms with van der Waals surface area (Å²) in [5.41, 5.74) is -5.37. The molecule has 102 valence electrons. The molecule has 5 nitrogen and oxygen atoms in total. The van der Waals surface area contributed by atoms with Crippen molar-refractivity contribution < 1.29 is 30.6 Å². The highest BCUT2D eigenvalue weighted by molar-refractivity contribution is 7.87. The summed E-state index contributed by atoms with van der Waals surface area (Å²) >= 11 is 0. The fraction of sp³-hybridized carbons (Fsp3) is 0.875. The first-order chi connectivity index (χ1) is 7.67. The van der Waals surface area contributed by atoms with Gasteiger partial charge in [0.05, 0.1) is 6.61 Å². The van der Waals surface area contributed by atoms with Gasteiger partial charge in [-0.15, -0.1) is 0 Å². The molecule has 0 heterocycles. The molecule has 0 spiro atoms. The lowest BCUT2D eigenvalue weighted by molar-refractivity contribution is -0.118. The number of nitrogens with one attached hydrogen (secondary N) is 1. The maximum absolute atomic E-state index is 11.8. The first-order valence-corrected chi connectivity index (χ1v) is 6.28. The van der Waals surface area contributed by atoms with Gasteiger partial charge >= 0.3 is 15.6 Å². The van der Waals surface area contributed by atoms with Gasteiger partial charge in [0.25, 0.3) is 0 Å². The Morgan fingerprint density at radius 2 is 1.82 bits per heavy atom. The Labute approximate surface area is 97.4 Å². The van der Waals surface area contributed by atoms with Crippen LogP contribution in [0.5, 0.6) is 0 Å². The maximum Gasteiger partial charge on any atom is 0.523 e. The summed E-state index contributed by atoms with van der Waals surface area (Å²) in [7, 11) is -5.47. The average Bonchev–Trinajstić information content (AvgIpc) is 2.13. The highest BCUT2D eigenvalue weighted by Gasteiger charge is 2.47. The van der Waals surface area contributed by atoms with E-state index in [1.807, 2.05) is 0 Å². The van der Waals surface area contributed by atoms with Crippen molar-refractivity contribution in [2.45, 2.75) is 31.7 Å². The molecule has 1 N–H and O–H groups in total. The van der Waals surface area contributed by atoms with E-state index in [4.69, 9.17) is 0 Å². The monoisotopic (exact) mass is 277 g/mol. The molecule has 17 heavy (non-hydrogen) atoms. The molecule has 0 rings (SSSR count). The van der Waals surface area contributed by atoms with E-state index in [2.05, 4.69) is 9.50 Å². The predicted octanol–water partition coefficient (Wildman–Crippen LogP) is 1.16. The van der Waals surface area contributed by atoms with Crippen LogP contribution < -0.4 is 5.32 Å². The smallest absolute Gasteiger partial charge is 0.356 e. The molecule has 0 atom stereocenters. The van der Waals surface area contributed by atoms with Crippen molar-refractivity contribution in [2.75, 3.05) is 13.2 Å². The van der Waals surface area contributed by atoms with Crippen LogP contribution in [-0.4, -0.2) is 33.0 Å². The number of hydrogen-bond donors (Lipinski definition) is 1. The van der Waals surface area contributed by atoms with Crippen molar-refractivity contribution in [3.05, 3.63) is 0 Å². The van der Waals surface area contributed by atoms with Gasteiger partial charge in [-0.3, -0.25) is 8.98 Å². The zero-order valence-corrected chi connectivity index (χ0v) is 10.0. The molecule has 0 aromatic rings. The minimum absolute atomic E-state index is 0.175. The van der Waals surface area contributed by atoms with Gasteiger partial charge in [-0.2, -0.15) is 21.6 Å². The van der Waals surface area contributed by atoms with Crippen molar-refractivity contribution in [2.24, 2.45) is 0 Å². The van der Waals surface area contributed by atoms with Crippen LogP contribution in [0.4, 0.5) is 13.2 Å². The van der Waals surface area contributed by atoms with Crippen molar-refractivity contribution in [1.29, 1.82) is 0 Å². The van der Waals surface area contributed by atoms with Gasteiger partial charge in [-0.25, -0.2) is 0 Å². The molecule has 0 fully saturated rings. The lowest BCUT2D eigenvalue weighted by Crippen LogP contribution is -2.26. The molecular formula is C8H14F3NO4S. The molecule has 0 saturated carbocycles. The third-order valence-corrected chi connectivity index (χ3v) is 2.76. The fourth-order valence-corrected chi connectivity index (χ4v) is 1.37. The Kier molecular flexibility index (Phi) is 6.46. The Bertz CT molecular complexity index is 339. The van der Waals surface area contributed by atoms with E-state index in [1.54, 1.807) is 0 Å². The summed E-state index contributed by atoms with van der Waals surface area (Å²) in [6.07, 6.45) is 1.19. The Balaban J connectivity index is 3.63. The van der Waals surface area contributed by atoms with Crippen LogP contribution in [-0.2, 0) is 19.1 Å². The van der Waals surface area contributed by atoms with E-state index in [0.717, 1.165) is 0 Å². The molecule has 0 aliphatic heterocycles. The maximum atomic E-state index is 11.8. The molecule has 0 aliphatic rings. The van der Waals surface area contributed by atoms with Crippen molar-refractivity contribution in [3.63, 3.8) is 0 Å². The van der Waals surface area contributed by atoms with Gasteiger partial charge in [0, 0.05) is 13.5 Å². The lowest BCUT2D eigenvalue weighted by atomic mass is 10.2. The first kappa shape index (κ1) is 16.2. The minimum atomic E-state index is -5.47. The predicted molar refractivity (Wildman–Crippen MR) is 53.5 cm³/mol. The van der Waals surface area contributed by atoms with Crippen LogP contribution in [0.15, 0.2) is 0 Å². The topological polar surface area (TPSA) is 72.5 Å². The summed E-state index contributed by atoms with van der Waals surface area (Å²) in [6.45, 7) is 1.24.